The summed E-state index contributed by atoms with van der Waals surface area (Å²) in [7, 11) is -7.49. The van der Waals surface area contributed by atoms with Gasteiger partial charge in [0.05, 0.1) is 23.7 Å². The van der Waals surface area contributed by atoms with E-state index in [9.17, 15) is 27.0 Å². The molecule has 0 aromatic rings. The molecule has 5 aliphatic rings. The lowest BCUT2D eigenvalue weighted by molar-refractivity contribution is 0.0148. The summed E-state index contributed by atoms with van der Waals surface area (Å²) in [6.45, 7) is 8.33. The molecule has 0 aliphatic heterocycles. The number of fused-ring (bicyclic) bond motifs is 4. The van der Waals surface area contributed by atoms with Gasteiger partial charge in [0.25, 0.3) is 0 Å². The molecule has 208 valence electrons. The van der Waals surface area contributed by atoms with Crippen LogP contribution in [0.3, 0.4) is 0 Å². The molecule has 0 saturated heterocycles. The van der Waals surface area contributed by atoms with E-state index in [-0.39, 0.29) is 22.3 Å². The van der Waals surface area contributed by atoms with E-state index < -0.39 is 55.2 Å². The van der Waals surface area contributed by atoms with Crippen LogP contribution < -0.4 is 9.44 Å². The van der Waals surface area contributed by atoms with Gasteiger partial charge in [-0.25, -0.2) is 26.3 Å². The molecule has 0 aromatic heterocycles. The molecule has 8 nitrogen and oxygen atoms in total. The molecule has 36 heavy (non-hydrogen) atoms. The van der Waals surface area contributed by atoms with Gasteiger partial charge in [-0.2, -0.15) is 0 Å². The van der Waals surface area contributed by atoms with Gasteiger partial charge in [0, 0.05) is 22.9 Å². The molecule has 0 radical (unpaired) electrons. The van der Waals surface area contributed by atoms with E-state index in [1.165, 1.54) is 0 Å². The predicted molar refractivity (Wildman–Crippen MR) is 139 cm³/mol. The van der Waals surface area contributed by atoms with Crippen LogP contribution in [0.5, 0.6) is 0 Å². The fourth-order valence-electron chi connectivity index (χ4n) is 9.39. The predicted octanol–water partition coefficient (Wildman–Crippen LogP) is 2.51. The molecular formula is C26H46N2O6S2. The highest BCUT2D eigenvalue weighted by atomic mass is 32.2. The molecule has 0 aromatic carbocycles. The van der Waals surface area contributed by atoms with Crippen molar-refractivity contribution in [3.63, 3.8) is 0 Å². The molecule has 4 N–H and O–H groups in total. The van der Waals surface area contributed by atoms with Crippen LogP contribution in [0, 0.1) is 33.5 Å². The topological polar surface area (TPSA) is 133 Å². The maximum absolute atomic E-state index is 13.5. The van der Waals surface area contributed by atoms with Gasteiger partial charge in [0.15, 0.2) is 0 Å². The largest absolute Gasteiger partial charge is 0.392 e. The summed E-state index contributed by atoms with van der Waals surface area (Å²) >= 11 is 0. The molecule has 5 fully saturated rings. The van der Waals surface area contributed by atoms with E-state index in [2.05, 4.69) is 37.1 Å². The quantitative estimate of drug-likeness (QED) is 0.370. The van der Waals surface area contributed by atoms with Gasteiger partial charge in [-0.3, -0.25) is 0 Å². The second-order valence-corrected chi connectivity index (χ2v) is 17.5. The van der Waals surface area contributed by atoms with Crippen molar-refractivity contribution in [2.24, 2.45) is 33.5 Å². The highest BCUT2D eigenvalue weighted by Crippen LogP contribution is 2.67. The first-order chi connectivity index (χ1) is 16.6. The second-order valence-electron chi connectivity index (χ2n) is 14.0. The average molecular weight is 547 g/mol. The van der Waals surface area contributed by atoms with Crippen LogP contribution in [-0.2, 0) is 20.0 Å². The van der Waals surface area contributed by atoms with E-state index in [4.69, 9.17) is 0 Å². The van der Waals surface area contributed by atoms with Crippen LogP contribution in [0.25, 0.3) is 0 Å². The minimum atomic E-state index is -3.75. The zero-order chi connectivity index (χ0) is 26.4. The third-order valence-electron chi connectivity index (χ3n) is 12.1. The first-order valence-electron chi connectivity index (χ1n) is 13.9. The summed E-state index contributed by atoms with van der Waals surface area (Å²) < 4.78 is 59.6. The molecule has 10 heteroatoms. The van der Waals surface area contributed by atoms with Crippen molar-refractivity contribution in [1.82, 2.24) is 9.44 Å². The van der Waals surface area contributed by atoms with Crippen LogP contribution in [0.1, 0.15) is 91.9 Å². The van der Waals surface area contributed by atoms with Crippen molar-refractivity contribution in [3.05, 3.63) is 0 Å². The normalized spacial score (nSPS) is 45.4. The Morgan fingerprint density at radius 1 is 0.667 bits per heavy atom. The van der Waals surface area contributed by atoms with Crippen LogP contribution in [-0.4, -0.2) is 62.8 Å². The van der Waals surface area contributed by atoms with Gasteiger partial charge in [-0.05, 0) is 74.0 Å². The van der Waals surface area contributed by atoms with Gasteiger partial charge in [0.1, 0.15) is 0 Å². The molecule has 0 amide bonds. The summed E-state index contributed by atoms with van der Waals surface area (Å²) in [5.74, 6) is 0.431. The Kier molecular flexibility index (Phi) is 6.54. The van der Waals surface area contributed by atoms with E-state index in [1.807, 2.05) is 0 Å². The number of aliphatic hydroxyl groups is 2. The van der Waals surface area contributed by atoms with E-state index in [0.717, 1.165) is 25.7 Å². The summed E-state index contributed by atoms with van der Waals surface area (Å²) in [5, 5.41) is 21.7. The zero-order valence-electron chi connectivity index (χ0n) is 22.3. The van der Waals surface area contributed by atoms with Crippen LogP contribution >= 0.6 is 0 Å². The van der Waals surface area contributed by atoms with Gasteiger partial charge in [-0.15, -0.1) is 0 Å². The highest BCUT2D eigenvalue weighted by molar-refractivity contribution is 7.89. The van der Waals surface area contributed by atoms with Gasteiger partial charge >= 0.3 is 0 Å². The Hall–Kier alpha value is -0.260. The second kappa shape index (κ2) is 8.62. The maximum atomic E-state index is 13.5. The van der Waals surface area contributed by atoms with E-state index in [1.54, 1.807) is 0 Å². The Balaban J connectivity index is 1.30. The summed E-state index contributed by atoms with van der Waals surface area (Å²) in [6, 6.07) is -1.02. The minimum Gasteiger partial charge on any atom is -0.392 e. The van der Waals surface area contributed by atoms with Crippen LogP contribution in [0.15, 0.2) is 0 Å². The molecule has 0 unspecified atom stereocenters. The Bertz CT molecular complexity index is 1000. The highest BCUT2D eigenvalue weighted by Gasteiger charge is 2.66. The lowest BCUT2D eigenvalue weighted by Gasteiger charge is -2.42. The first kappa shape index (κ1) is 27.3. The first-order valence-corrected chi connectivity index (χ1v) is 17.2. The smallest absolute Gasteiger partial charge is 0.212 e. The molecule has 0 heterocycles. The Morgan fingerprint density at radius 3 is 1.31 bits per heavy atom. The lowest BCUT2D eigenvalue weighted by atomic mass is 9.70. The van der Waals surface area contributed by atoms with Crippen LogP contribution in [0.2, 0.25) is 0 Å². The summed E-state index contributed by atoms with van der Waals surface area (Å²) in [6.07, 6.45) is 6.17. The molecule has 5 aliphatic carbocycles. The van der Waals surface area contributed by atoms with Crippen molar-refractivity contribution >= 4 is 20.0 Å². The van der Waals surface area contributed by atoms with Crippen molar-refractivity contribution in [1.29, 1.82) is 0 Å². The third-order valence-corrected chi connectivity index (χ3v) is 15.2. The van der Waals surface area contributed by atoms with Gasteiger partial charge < -0.3 is 10.2 Å². The van der Waals surface area contributed by atoms with Crippen molar-refractivity contribution in [3.8, 4) is 0 Å². The minimum absolute atomic E-state index is 0.120. The Labute approximate surface area is 217 Å². The van der Waals surface area contributed by atoms with Gasteiger partial charge in [0.2, 0.25) is 20.0 Å². The summed E-state index contributed by atoms with van der Waals surface area (Å²) in [5.41, 5.74) is -1.81. The molecule has 0 spiro atoms. The number of hydrogen-bond donors (Lipinski definition) is 4. The Morgan fingerprint density at radius 2 is 1.03 bits per heavy atom. The molecule has 5 rings (SSSR count). The zero-order valence-corrected chi connectivity index (χ0v) is 23.9. The van der Waals surface area contributed by atoms with Crippen molar-refractivity contribution in [2.75, 3.05) is 11.5 Å². The van der Waals surface area contributed by atoms with Crippen molar-refractivity contribution < 1.29 is 27.0 Å². The van der Waals surface area contributed by atoms with Crippen molar-refractivity contribution in [2.45, 2.75) is 116 Å². The fraction of sp³-hybridized carbons (Fsp3) is 1.00. The van der Waals surface area contributed by atoms with E-state index >= 15 is 0 Å². The maximum Gasteiger partial charge on any atom is 0.212 e. The third kappa shape index (κ3) is 4.03. The van der Waals surface area contributed by atoms with E-state index in [0.29, 0.717) is 50.4 Å². The van der Waals surface area contributed by atoms with Crippen LogP contribution in [0.4, 0.5) is 0 Å². The number of rotatable bonds is 8. The SMILES string of the molecule is CC1(C)[C@@H]2CC[C@@]1(CS(=O)(=O)N[C@H]1CCCC[C@@H]1NS(=O)(=O)C[C@]13CC[C@H](C[C@H]1O)C3(C)C)[C@H](O)C2. The average Bonchev–Trinajstić information content (AvgIpc) is 3.27. The summed E-state index contributed by atoms with van der Waals surface area (Å²) in [4.78, 5) is 0. The molecule has 4 bridgehead atoms. The van der Waals surface area contributed by atoms with Gasteiger partial charge in [-0.1, -0.05) is 40.5 Å². The number of aliphatic hydroxyl groups excluding tert-OH is 2. The molecule has 8 atom stereocenters. The number of hydrogen-bond acceptors (Lipinski definition) is 6. The number of nitrogens with one attached hydrogen (secondary N) is 2. The lowest BCUT2D eigenvalue weighted by Crippen LogP contribution is -2.57. The molecule has 5 saturated carbocycles. The number of sulfonamides is 2. The standard InChI is InChI=1S/C26H46N2O6S2/c1-23(2)17-9-11-25(23,21(29)13-17)15-35(31,32)27-19-7-5-6-8-20(19)28-36(33,34)16-26-12-10-18(14-22(26)30)24(26,3)4/h17-22,27-30H,5-16H2,1-4H3/t17-,18-,19+,20+,21-,22-,25-,26-/m1/s1. The molecular weight excluding hydrogens is 500 g/mol. The fourth-order valence-corrected chi connectivity index (χ4v) is 13.8. The monoisotopic (exact) mass is 546 g/mol.